The monoisotopic (exact) mass is 372 g/mol. The van der Waals surface area contributed by atoms with E-state index in [2.05, 4.69) is 6.26 Å². The Bertz CT molecular complexity index is 782. The molecule has 0 aromatic heterocycles. The maximum absolute atomic E-state index is 13.5. The van der Waals surface area contributed by atoms with Gasteiger partial charge in [-0.15, -0.1) is 11.8 Å². The van der Waals surface area contributed by atoms with Crippen LogP contribution >= 0.6 is 11.8 Å². The summed E-state index contributed by atoms with van der Waals surface area (Å²) in [4.78, 5) is 26.6. The van der Waals surface area contributed by atoms with Crippen molar-refractivity contribution in [2.24, 2.45) is 65.1 Å². The lowest BCUT2D eigenvalue weighted by Gasteiger charge is -2.47. The van der Waals surface area contributed by atoms with Crippen molar-refractivity contribution < 1.29 is 19.1 Å². The van der Waals surface area contributed by atoms with E-state index in [1.807, 2.05) is 11.8 Å². The highest BCUT2D eigenvalue weighted by Gasteiger charge is 2.86. The van der Waals surface area contributed by atoms with Gasteiger partial charge in [-0.05, 0) is 79.3 Å². The van der Waals surface area contributed by atoms with Crippen LogP contribution in [0.3, 0.4) is 0 Å². The minimum absolute atomic E-state index is 0.114. The Hall–Kier alpha value is -0.710. The molecule has 26 heavy (non-hydrogen) atoms. The topological polar surface area (TPSA) is 52.6 Å². The van der Waals surface area contributed by atoms with Crippen molar-refractivity contribution in [2.45, 2.75) is 42.6 Å². The number of ether oxygens (including phenoxy) is 2. The number of carbonyl (C=O) groups excluding carboxylic acids is 2. The Morgan fingerprint density at radius 1 is 0.808 bits per heavy atom. The predicted octanol–water partition coefficient (Wildman–Crippen LogP) is 2.36. The third-order valence-electron chi connectivity index (χ3n) is 10.7. The Morgan fingerprint density at radius 2 is 1.54 bits per heavy atom. The van der Waals surface area contributed by atoms with Crippen molar-refractivity contribution >= 4 is 23.7 Å². The van der Waals surface area contributed by atoms with Crippen molar-refractivity contribution in [3.8, 4) is 0 Å². The molecule has 4 nitrogen and oxygen atoms in total. The minimum Gasteiger partial charge on any atom is -0.462 e. The molecule has 0 unspecified atom stereocenters. The molecule has 138 valence electrons. The van der Waals surface area contributed by atoms with Crippen LogP contribution in [0.4, 0.5) is 0 Å². The van der Waals surface area contributed by atoms with Gasteiger partial charge in [0, 0.05) is 11.8 Å². The van der Waals surface area contributed by atoms with Crippen LogP contribution < -0.4 is 0 Å². The molecule has 0 aromatic carbocycles. The molecular weight excluding hydrogens is 348 g/mol. The first kappa shape index (κ1) is 14.3. The van der Waals surface area contributed by atoms with Gasteiger partial charge in [0.05, 0.1) is 5.92 Å². The molecule has 8 aliphatic rings. The van der Waals surface area contributed by atoms with Gasteiger partial charge in [0.15, 0.2) is 0 Å². The number of hydrogen-bond donors (Lipinski definition) is 0. The largest absolute Gasteiger partial charge is 0.462 e. The standard InChI is InChI=1S/C21H24O4S/c1-26-21-17-7-3-5-8-10(7)13-15(17)14-12(16(13)19(22)24-8)6-2-4-9(25-20(21)23)11(6)18(14)21/h6-18H,2-5H2,1H3/t6-,7+,8+,9+,10-,11+,12-,13+,14+,15+,16-,17+,18-,21-/m0/s1. The zero-order valence-corrected chi connectivity index (χ0v) is 15.7. The molecule has 14 atom stereocenters. The van der Waals surface area contributed by atoms with Crippen molar-refractivity contribution in [3.63, 3.8) is 0 Å². The van der Waals surface area contributed by atoms with Gasteiger partial charge in [-0.1, -0.05) is 0 Å². The van der Waals surface area contributed by atoms with Gasteiger partial charge in [-0.25, -0.2) is 0 Å². The molecule has 0 amide bonds. The Balaban J connectivity index is 1.43. The van der Waals surface area contributed by atoms with Crippen LogP contribution in [0.25, 0.3) is 0 Å². The molecule has 6 saturated carbocycles. The van der Waals surface area contributed by atoms with Crippen molar-refractivity contribution in [3.05, 3.63) is 0 Å². The quantitative estimate of drug-likeness (QED) is 0.662. The van der Waals surface area contributed by atoms with Crippen LogP contribution in [0.2, 0.25) is 0 Å². The van der Waals surface area contributed by atoms with Gasteiger partial charge in [-0.2, -0.15) is 0 Å². The van der Waals surface area contributed by atoms with Crippen molar-refractivity contribution in [1.82, 2.24) is 0 Å². The number of carbonyl (C=O) groups is 2. The average Bonchev–Trinajstić information content (AvgIpc) is 3.37. The van der Waals surface area contributed by atoms with Gasteiger partial charge in [0.25, 0.3) is 0 Å². The molecule has 0 radical (unpaired) electrons. The number of esters is 2. The van der Waals surface area contributed by atoms with E-state index in [4.69, 9.17) is 9.47 Å². The van der Waals surface area contributed by atoms with Crippen LogP contribution in [0.5, 0.6) is 0 Å². The molecule has 2 aliphatic heterocycles. The summed E-state index contributed by atoms with van der Waals surface area (Å²) in [5, 5.41) is 0. The van der Waals surface area contributed by atoms with Gasteiger partial charge in [0.2, 0.25) is 0 Å². The number of rotatable bonds is 1. The fourth-order valence-corrected chi connectivity index (χ4v) is 12.2. The molecule has 0 aromatic rings. The van der Waals surface area contributed by atoms with E-state index in [0.29, 0.717) is 59.2 Å². The summed E-state index contributed by atoms with van der Waals surface area (Å²) in [6, 6.07) is 0. The van der Waals surface area contributed by atoms with E-state index in [1.165, 1.54) is 0 Å². The molecule has 0 N–H and O–H groups in total. The number of thioether (sulfide) groups is 1. The third kappa shape index (κ3) is 1.11. The van der Waals surface area contributed by atoms with Crippen LogP contribution in [-0.4, -0.2) is 35.1 Å². The maximum atomic E-state index is 13.5. The summed E-state index contributed by atoms with van der Waals surface area (Å²) in [6.07, 6.45) is 6.76. The summed E-state index contributed by atoms with van der Waals surface area (Å²) < 4.78 is 11.9. The van der Waals surface area contributed by atoms with E-state index < -0.39 is 0 Å². The number of fused-ring (bicyclic) bond motifs is 4. The van der Waals surface area contributed by atoms with E-state index in [0.717, 1.165) is 25.7 Å². The minimum atomic E-state index is -0.321. The zero-order chi connectivity index (χ0) is 17.1. The third-order valence-corrected chi connectivity index (χ3v) is 12.1. The second-order valence-corrected chi connectivity index (χ2v) is 11.5. The Kier molecular flexibility index (Phi) is 2.21. The van der Waals surface area contributed by atoms with Crippen LogP contribution in [-0.2, 0) is 19.1 Å². The molecule has 2 heterocycles. The molecule has 8 fully saturated rings. The smallest absolute Gasteiger partial charge is 0.323 e. The molecule has 2 saturated heterocycles. The first-order chi connectivity index (χ1) is 12.7. The van der Waals surface area contributed by atoms with Crippen molar-refractivity contribution in [2.75, 3.05) is 6.26 Å². The van der Waals surface area contributed by atoms with E-state index >= 15 is 0 Å². The summed E-state index contributed by atoms with van der Waals surface area (Å²) in [7, 11) is 0. The molecular formula is C21H24O4S. The van der Waals surface area contributed by atoms with Crippen LogP contribution in [0.15, 0.2) is 0 Å². The van der Waals surface area contributed by atoms with Gasteiger partial charge in [-0.3, -0.25) is 9.59 Å². The second kappa shape index (κ2) is 4.01. The zero-order valence-electron chi connectivity index (χ0n) is 14.9. The van der Waals surface area contributed by atoms with Gasteiger partial charge in [0.1, 0.15) is 17.0 Å². The first-order valence-electron chi connectivity index (χ1n) is 10.6. The van der Waals surface area contributed by atoms with Crippen LogP contribution in [0, 0.1) is 65.1 Å². The highest BCUT2D eigenvalue weighted by molar-refractivity contribution is 8.00. The maximum Gasteiger partial charge on any atom is 0.323 e. The molecule has 0 bridgehead atoms. The SMILES string of the molecule is CS[C@]12C(=O)O[C@@H]3CC[C@@H]4[C@@H]5[C@@H]6C(=O)O[C@@H]7CC[C@@H]8[C@@H]7[C@@H]6[C@H]([C@@H]5[C@@H]1[C@H]43)[C@@H]82. The normalized spacial score (nSPS) is 69.8. The Labute approximate surface area is 157 Å². The molecule has 6 aliphatic carbocycles. The lowest BCUT2D eigenvalue weighted by molar-refractivity contribution is -0.173. The Morgan fingerprint density at radius 3 is 2.35 bits per heavy atom. The molecule has 5 heteroatoms. The molecule has 8 rings (SSSR count). The van der Waals surface area contributed by atoms with E-state index in [-0.39, 0.29) is 34.8 Å². The summed E-state index contributed by atoms with van der Waals surface area (Å²) >= 11 is 1.82. The van der Waals surface area contributed by atoms with E-state index in [9.17, 15) is 9.59 Å². The predicted molar refractivity (Wildman–Crippen MR) is 92.9 cm³/mol. The highest BCUT2D eigenvalue weighted by Crippen LogP contribution is 2.84. The summed E-state index contributed by atoms with van der Waals surface area (Å²) in [6.45, 7) is 0. The summed E-state index contributed by atoms with van der Waals surface area (Å²) in [5.74, 6) is 5.67. The first-order valence-corrected chi connectivity index (χ1v) is 11.9. The number of hydrogen-bond acceptors (Lipinski definition) is 5. The fourth-order valence-electron chi connectivity index (χ4n) is 10.8. The lowest BCUT2D eigenvalue weighted by Crippen LogP contribution is -2.56. The highest BCUT2D eigenvalue weighted by atomic mass is 32.2. The van der Waals surface area contributed by atoms with E-state index in [1.54, 1.807) is 0 Å². The van der Waals surface area contributed by atoms with Crippen molar-refractivity contribution in [1.29, 1.82) is 0 Å². The lowest BCUT2D eigenvalue weighted by atomic mass is 9.70. The van der Waals surface area contributed by atoms with Gasteiger partial charge < -0.3 is 9.47 Å². The fraction of sp³-hybridized carbons (Fsp3) is 0.905. The average molecular weight is 372 g/mol. The molecule has 0 spiro atoms. The summed E-state index contributed by atoms with van der Waals surface area (Å²) in [5.41, 5.74) is 0. The van der Waals surface area contributed by atoms with Crippen LogP contribution in [0.1, 0.15) is 25.7 Å². The second-order valence-electron chi connectivity index (χ2n) is 10.4. The van der Waals surface area contributed by atoms with Gasteiger partial charge >= 0.3 is 11.9 Å².